The van der Waals surface area contributed by atoms with Crippen LogP contribution in [-0.4, -0.2) is 67.3 Å². The average molecular weight is 339 g/mol. The molecule has 14 heteroatoms. The summed E-state index contributed by atoms with van der Waals surface area (Å²) in [5, 5.41) is 27.9. The fourth-order valence-corrected chi connectivity index (χ4v) is 3.17. The molecule has 1 saturated heterocycles. The lowest BCUT2D eigenvalue weighted by Gasteiger charge is -2.40. The quantitative estimate of drug-likeness (QED) is 0.250. The Morgan fingerprint density at radius 2 is 1.70 bits per heavy atom. The molecule has 0 radical (unpaired) electrons. The largest absolute Gasteiger partial charge is 0.483 e. The van der Waals surface area contributed by atoms with Gasteiger partial charge in [0.2, 0.25) is 0 Å². The SMILES string of the molecule is N[C@H]1C(OP(=O)(O)OP(=O)(O)O)O[C@H](CO)[C@H](O)[C@@H]1O. The van der Waals surface area contributed by atoms with Crippen LogP contribution in [0.3, 0.4) is 0 Å². The van der Waals surface area contributed by atoms with E-state index >= 15 is 0 Å². The van der Waals surface area contributed by atoms with E-state index in [0.717, 1.165) is 0 Å². The highest BCUT2D eigenvalue weighted by molar-refractivity contribution is 7.60. The molecule has 0 spiro atoms. The molecule has 1 aliphatic rings. The van der Waals surface area contributed by atoms with Crippen molar-refractivity contribution in [3.63, 3.8) is 0 Å². The number of aliphatic hydroxyl groups is 3. The highest BCUT2D eigenvalue weighted by Crippen LogP contribution is 2.58. The Labute approximate surface area is 112 Å². The molecule has 0 aliphatic carbocycles. The van der Waals surface area contributed by atoms with Gasteiger partial charge in [-0.05, 0) is 0 Å². The third-order valence-electron chi connectivity index (χ3n) is 2.37. The minimum Gasteiger partial charge on any atom is -0.394 e. The Morgan fingerprint density at radius 3 is 2.15 bits per heavy atom. The van der Waals surface area contributed by atoms with Crippen LogP contribution in [0.4, 0.5) is 0 Å². The predicted octanol–water partition coefficient (Wildman–Crippen LogP) is -3.02. The molecule has 0 aromatic heterocycles. The van der Waals surface area contributed by atoms with Crippen LogP contribution in [-0.2, 0) is 22.7 Å². The van der Waals surface area contributed by atoms with E-state index in [1.54, 1.807) is 0 Å². The van der Waals surface area contributed by atoms with Crippen molar-refractivity contribution in [1.29, 1.82) is 0 Å². The zero-order chi connectivity index (χ0) is 15.7. The van der Waals surface area contributed by atoms with Crippen LogP contribution in [0.15, 0.2) is 0 Å². The minimum atomic E-state index is -5.32. The van der Waals surface area contributed by atoms with Crippen LogP contribution in [0.25, 0.3) is 0 Å². The first-order valence-electron chi connectivity index (χ1n) is 5.13. The van der Waals surface area contributed by atoms with Crippen molar-refractivity contribution in [3.8, 4) is 0 Å². The van der Waals surface area contributed by atoms with Crippen LogP contribution in [0.1, 0.15) is 0 Å². The standard InChI is InChI=1S/C6H15NO11P2/c7-3-5(10)4(9)2(1-8)16-6(3)17-20(14,15)18-19(11,12)13/h2-6,8-10H,1,7H2,(H,14,15)(H2,11,12,13)/t2-,3-,4+,5-,6?/m1/s1. The first-order chi connectivity index (χ1) is 8.97. The molecule has 120 valence electrons. The maximum absolute atomic E-state index is 11.3. The van der Waals surface area contributed by atoms with Gasteiger partial charge in [-0.3, -0.25) is 4.52 Å². The van der Waals surface area contributed by atoms with Crippen LogP contribution in [0, 0.1) is 0 Å². The van der Waals surface area contributed by atoms with Gasteiger partial charge in [-0.15, -0.1) is 0 Å². The molecule has 8 N–H and O–H groups in total. The van der Waals surface area contributed by atoms with Gasteiger partial charge >= 0.3 is 15.6 Å². The van der Waals surface area contributed by atoms with Gasteiger partial charge in [-0.1, -0.05) is 0 Å². The van der Waals surface area contributed by atoms with Gasteiger partial charge in [0, 0.05) is 0 Å². The van der Waals surface area contributed by atoms with Gasteiger partial charge in [0.15, 0.2) is 6.29 Å². The number of rotatable bonds is 5. The van der Waals surface area contributed by atoms with E-state index in [1.807, 2.05) is 0 Å². The van der Waals surface area contributed by atoms with Crippen molar-refractivity contribution >= 4 is 15.6 Å². The summed E-state index contributed by atoms with van der Waals surface area (Å²) in [6.07, 6.45) is -6.45. The molecular formula is C6H15NO11P2. The number of ether oxygens (including phenoxy) is 1. The highest BCUT2D eigenvalue weighted by Gasteiger charge is 2.47. The Balaban J connectivity index is 2.80. The molecule has 12 nitrogen and oxygen atoms in total. The predicted molar refractivity (Wildman–Crippen MR) is 59.8 cm³/mol. The van der Waals surface area contributed by atoms with Gasteiger partial charge in [0.1, 0.15) is 18.3 Å². The second kappa shape index (κ2) is 6.44. The summed E-state index contributed by atoms with van der Waals surface area (Å²) in [7, 11) is -10.6. The number of nitrogens with two attached hydrogens (primary N) is 1. The molecule has 0 aromatic rings. The number of hydrogen-bond donors (Lipinski definition) is 7. The molecule has 6 atom stereocenters. The minimum absolute atomic E-state index is 0.764. The molecule has 1 heterocycles. The summed E-state index contributed by atoms with van der Waals surface area (Å²) in [5.74, 6) is 0. The van der Waals surface area contributed by atoms with E-state index in [2.05, 4.69) is 8.83 Å². The second-order valence-electron chi connectivity index (χ2n) is 3.93. The molecule has 0 aromatic carbocycles. The second-order valence-corrected chi connectivity index (χ2v) is 6.71. The maximum Gasteiger partial charge on any atom is 0.483 e. The number of phosphoric ester groups is 1. The summed E-state index contributed by atoms with van der Waals surface area (Å²) in [6, 6.07) is -1.52. The van der Waals surface area contributed by atoms with Crippen molar-refractivity contribution in [3.05, 3.63) is 0 Å². The smallest absolute Gasteiger partial charge is 0.394 e. The molecule has 0 saturated carbocycles. The van der Waals surface area contributed by atoms with Gasteiger partial charge < -0.3 is 40.5 Å². The van der Waals surface area contributed by atoms with Crippen molar-refractivity contribution in [2.75, 3.05) is 6.61 Å². The highest BCUT2D eigenvalue weighted by atomic mass is 31.3. The number of aliphatic hydroxyl groups excluding tert-OH is 3. The van der Waals surface area contributed by atoms with E-state index in [4.69, 9.17) is 30.3 Å². The topological polar surface area (TPSA) is 209 Å². The first kappa shape index (κ1) is 18.1. The summed E-state index contributed by atoms with van der Waals surface area (Å²) in [4.78, 5) is 25.9. The van der Waals surface area contributed by atoms with Crippen molar-refractivity contribution < 1.29 is 52.7 Å². The molecule has 1 fully saturated rings. The van der Waals surface area contributed by atoms with Gasteiger partial charge in [-0.25, -0.2) is 9.13 Å². The first-order valence-corrected chi connectivity index (χ1v) is 8.15. The van der Waals surface area contributed by atoms with Crippen molar-refractivity contribution in [2.24, 2.45) is 5.73 Å². The third kappa shape index (κ3) is 4.81. The maximum atomic E-state index is 11.3. The zero-order valence-electron chi connectivity index (χ0n) is 9.79. The molecule has 0 bridgehead atoms. The summed E-state index contributed by atoms with van der Waals surface area (Å²) >= 11 is 0. The van der Waals surface area contributed by atoms with Gasteiger partial charge in [0.25, 0.3) is 0 Å². The fourth-order valence-electron chi connectivity index (χ4n) is 1.48. The van der Waals surface area contributed by atoms with Crippen LogP contribution < -0.4 is 5.73 Å². The molecule has 1 rings (SSSR count). The fraction of sp³-hybridized carbons (Fsp3) is 1.00. The van der Waals surface area contributed by atoms with E-state index in [1.165, 1.54) is 0 Å². The van der Waals surface area contributed by atoms with Crippen molar-refractivity contribution in [2.45, 2.75) is 30.6 Å². The van der Waals surface area contributed by atoms with Crippen LogP contribution in [0.2, 0.25) is 0 Å². The van der Waals surface area contributed by atoms with Crippen LogP contribution >= 0.6 is 15.6 Å². The molecule has 1 aliphatic heterocycles. The van der Waals surface area contributed by atoms with E-state index in [0.29, 0.717) is 0 Å². The third-order valence-corrected chi connectivity index (χ3v) is 4.53. The van der Waals surface area contributed by atoms with Crippen molar-refractivity contribution in [1.82, 2.24) is 0 Å². The molecule has 0 amide bonds. The summed E-state index contributed by atoms with van der Waals surface area (Å²) in [5.41, 5.74) is 5.38. The monoisotopic (exact) mass is 339 g/mol. The average Bonchev–Trinajstić information content (AvgIpc) is 2.26. The van der Waals surface area contributed by atoms with Gasteiger partial charge in [-0.2, -0.15) is 4.31 Å². The Hall–Kier alpha value is 0.0600. The van der Waals surface area contributed by atoms with E-state index in [-0.39, 0.29) is 0 Å². The van der Waals surface area contributed by atoms with E-state index < -0.39 is 52.9 Å². The number of phosphoric acid groups is 2. The normalized spacial score (nSPS) is 38.5. The molecule has 2 unspecified atom stereocenters. The Kier molecular flexibility index (Phi) is 5.83. The number of hydrogen-bond acceptors (Lipinski definition) is 9. The molecular weight excluding hydrogens is 324 g/mol. The lowest BCUT2D eigenvalue weighted by Crippen LogP contribution is -2.62. The van der Waals surface area contributed by atoms with Crippen LogP contribution in [0.5, 0.6) is 0 Å². The Bertz CT molecular complexity index is 423. The summed E-state index contributed by atoms with van der Waals surface area (Å²) in [6.45, 7) is -0.764. The summed E-state index contributed by atoms with van der Waals surface area (Å²) < 4.78 is 34.4. The zero-order valence-corrected chi connectivity index (χ0v) is 11.6. The lowest BCUT2D eigenvalue weighted by molar-refractivity contribution is -0.242. The van der Waals surface area contributed by atoms with E-state index in [9.17, 15) is 19.3 Å². The van der Waals surface area contributed by atoms with Gasteiger partial charge in [0.05, 0.1) is 12.6 Å². The Morgan fingerprint density at radius 1 is 1.15 bits per heavy atom. The molecule has 20 heavy (non-hydrogen) atoms. The lowest BCUT2D eigenvalue weighted by atomic mass is 9.98.